The number of fused-ring (bicyclic) bond motifs is 5. The molecule has 0 aromatic heterocycles. The van der Waals surface area contributed by atoms with Crippen LogP contribution in [-0.2, 0) is 14.0 Å². The number of methoxy groups -OCH3 is 1. The zero-order valence-corrected chi connectivity index (χ0v) is 24.6. The lowest BCUT2D eigenvalue weighted by Crippen LogP contribution is -2.55. The molecule has 0 heterocycles. The molecule has 0 spiro atoms. The van der Waals surface area contributed by atoms with Gasteiger partial charge in [0.15, 0.2) is 8.32 Å². The Kier molecular flexibility index (Phi) is 6.42. The monoisotopic (exact) mass is 486 g/mol. The van der Waals surface area contributed by atoms with Crippen LogP contribution in [0.1, 0.15) is 93.4 Å². The van der Waals surface area contributed by atoms with Crippen molar-refractivity contribution in [3.63, 3.8) is 0 Å². The zero-order valence-electron chi connectivity index (χ0n) is 23.6. The number of carbonyl (C=O) groups is 1. The molecule has 0 unspecified atom stereocenters. The highest BCUT2D eigenvalue weighted by molar-refractivity contribution is 6.74. The summed E-state index contributed by atoms with van der Waals surface area (Å²) in [6.07, 6.45) is 13.1. The predicted octanol–water partition coefficient (Wildman–Crippen LogP) is 8.08. The molecule has 192 valence electrons. The van der Waals surface area contributed by atoms with E-state index in [0.717, 1.165) is 12.8 Å². The Morgan fingerprint density at radius 2 is 1.68 bits per heavy atom. The molecule has 0 aromatic rings. The second-order valence-corrected chi connectivity index (χ2v) is 19.3. The first-order chi connectivity index (χ1) is 15.6. The Labute approximate surface area is 210 Å². The second kappa shape index (κ2) is 8.33. The summed E-state index contributed by atoms with van der Waals surface area (Å²) in [5.74, 6) is 1.66. The van der Waals surface area contributed by atoms with Crippen molar-refractivity contribution in [3.05, 3.63) is 23.3 Å². The number of hydrogen-bond donors (Lipinski definition) is 0. The van der Waals surface area contributed by atoms with E-state index in [1.165, 1.54) is 32.8 Å². The molecular formula is C30H50O3Si. The average Bonchev–Trinajstić information content (AvgIpc) is 3.05. The normalized spacial score (nSPS) is 39.4. The van der Waals surface area contributed by atoms with Crippen LogP contribution in [0.3, 0.4) is 0 Å². The van der Waals surface area contributed by atoms with Gasteiger partial charge in [0.1, 0.15) is 0 Å². The van der Waals surface area contributed by atoms with Gasteiger partial charge in [-0.05, 0) is 85.2 Å². The summed E-state index contributed by atoms with van der Waals surface area (Å²) in [5, 5.41) is 0.231. The molecule has 0 aromatic carbocycles. The molecule has 34 heavy (non-hydrogen) atoms. The summed E-state index contributed by atoms with van der Waals surface area (Å²) in [4.78, 5) is 12.1. The van der Waals surface area contributed by atoms with Crippen LogP contribution in [0, 0.1) is 34.0 Å². The maximum atomic E-state index is 12.1. The standard InChI is InChI=1S/C30H50O3Si/c1-27(2,3)34(9,10)33-25-16-18-30(7)23-15-17-29(6)20(19-26(31)32-8)11-13-22(29)21(23)12-14-24(30)28(25,4)5/h12,14,20,22-23,25H,11,13,15-19H2,1-10H3/t20-,22+,23+,25+,29-,30-/m1/s1. The van der Waals surface area contributed by atoms with Crippen molar-refractivity contribution < 1.29 is 14.0 Å². The summed E-state index contributed by atoms with van der Waals surface area (Å²) >= 11 is 0. The molecule has 3 saturated carbocycles. The van der Waals surface area contributed by atoms with E-state index in [-0.39, 0.29) is 27.3 Å². The average molecular weight is 487 g/mol. The first-order valence-electron chi connectivity index (χ1n) is 13.8. The molecule has 4 heteroatoms. The highest BCUT2D eigenvalue weighted by atomic mass is 28.4. The molecule has 3 fully saturated rings. The van der Waals surface area contributed by atoms with Crippen LogP contribution in [0.2, 0.25) is 18.1 Å². The summed E-state index contributed by atoms with van der Waals surface area (Å²) in [7, 11) is -0.303. The molecule has 0 radical (unpaired) electrons. The van der Waals surface area contributed by atoms with E-state index >= 15 is 0 Å². The second-order valence-electron chi connectivity index (χ2n) is 14.5. The summed E-state index contributed by atoms with van der Waals surface area (Å²) in [6.45, 7) is 21.8. The number of hydrogen-bond acceptors (Lipinski definition) is 3. The summed E-state index contributed by atoms with van der Waals surface area (Å²) in [6, 6.07) is 0. The van der Waals surface area contributed by atoms with Crippen LogP contribution in [-0.4, -0.2) is 27.5 Å². The number of carbonyl (C=O) groups excluding carboxylic acids is 1. The van der Waals surface area contributed by atoms with E-state index in [0.29, 0.717) is 30.3 Å². The van der Waals surface area contributed by atoms with Crippen LogP contribution in [0.5, 0.6) is 0 Å². The van der Waals surface area contributed by atoms with Gasteiger partial charge in [0.25, 0.3) is 0 Å². The van der Waals surface area contributed by atoms with E-state index in [4.69, 9.17) is 9.16 Å². The maximum absolute atomic E-state index is 12.1. The number of allylic oxidation sites excluding steroid dienone is 3. The third kappa shape index (κ3) is 3.90. The largest absolute Gasteiger partial charge is 0.469 e. The lowest BCUT2D eigenvalue weighted by atomic mass is 9.47. The van der Waals surface area contributed by atoms with Gasteiger partial charge >= 0.3 is 5.97 Å². The van der Waals surface area contributed by atoms with Gasteiger partial charge in [-0.2, -0.15) is 0 Å². The highest BCUT2D eigenvalue weighted by Crippen LogP contribution is 2.67. The van der Waals surface area contributed by atoms with Gasteiger partial charge in [0.05, 0.1) is 13.2 Å². The fourth-order valence-corrected chi connectivity index (χ4v) is 9.64. The van der Waals surface area contributed by atoms with Gasteiger partial charge in [-0.1, -0.05) is 71.8 Å². The lowest BCUT2D eigenvalue weighted by Gasteiger charge is -2.59. The van der Waals surface area contributed by atoms with Crippen LogP contribution in [0.4, 0.5) is 0 Å². The Balaban J connectivity index is 1.64. The number of esters is 1. The third-order valence-corrected chi connectivity index (χ3v) is 15.9. The minimum Gasteiger partial charge on any atom is -0.469 e. The summed E-state index contributed by atoms with van der Waals surface area (Å²) < 4.78 is 12.1. The van der Waals surface area contributed by atoms with Crippen molar-refractivity contribution in [1.29, 1.82) is 0 Å². The lowest BCUT2D eigenvalue weighted by molar-refractivity contribution is -0.143. The van der Waals surface area contributed by atoms with Crippen molar-refractivity contribution in [2.75, 3.05) is 7.11 Å². The van der Waals surface area contributed by atoms with E-state index < -0.39 is 8.32 Å². The number of ether oxygens (including phenoxy) is 1. The van der Waals surface area contributed by atoms with Crippen LogP contribution in [0.25, 0.3) is 0 Å². The molecule has 0 saturated heterocycles. The highest BCUT2D eigenvalue weighted by Gasteiger charge is 2.59. The molecule has 0 bridgehead atoms. The van der Waals surface area contributed by atoms with E-state index in [1.807, 2.05) is 0 Å². The van der Waals surface area contributed by atoms with Crippen molar-refractivity contribution in [2.24, 2.45) is 34.0 Å². The smallest absolute Gasteiger partial charge is 0.305 e. The topological polar surface area (TPSA) is 35.5 Å². The first kappa shape index (κ1) is 26.2. The predicted molar refractivity (Wildman–Crippen MR) is 143 cm³/mol. The van der Waals surface area contributed by atoms with Crippen molar-refractivity contribution in [1.82, 2.24) is 0 Å². The zero-order chi connectivity index (χ0) is 25.3. The minimum atomic E-state index is -1.83. The molecular weight excluding hydrogens is 436 g/mol. The van der Waals surface area contributed by atoms with Crippen LogP contribution < -0.4 is 0 Å². The van der Waals surface area contributed by atoms with E-state index in [2.05, 4.69) is 73.7 Å². The van der Waals surface area contributed by atoms with Gasteiger partial charge in [-0.25, -0.2) is 0 Å². The Hall–Kier alpha value is -0.873. The molecule has 3 nitrogen and oxygen atoms in total. The number of rotatable bonds is 4. The first-order valence-corrected chi connectivity index (χ1v) is 16.7. The Morgan fingerprint density at radius 1 is 1.00 bits per heavy atom. The fourth-order valence-electron chi connectivity index (χ4n) is 8.16. The van der Waals surface area contributed by atoms with Gasteiger partial charge in [0.2, 0.25) is 0 Å². The summed E-state index contributed by atoms with van der Waals surface area (Å²) in [5.41, 5.74) is 3.82. The van der Waals surface area contributed by atoms with Crippen LogP contribution in [0.15, 0.2) is 23.3 Å². The molecule has 4 aliphatic rings. The van der Waals surface area contributed by atoms with Crippen molar-refractivity contribution >= 4 is 14.3 Å². The minimum absolute atomic E-state index is 0.0393. The Bertz CT molecular complexity index is 891. The van der Waals surface area contributed by atoms with Crippen LogP contribution >= 0.6 is 0 Å². The molecule has 0 amide bonds. The van der Waals surface area contributed by atoms with Gasteiger partial charge in [0, 0.05) is 11.8 Å². The van der Waals surface area contributed by atoms with Gasteiger partial charge < -0.3 is 9.16 Å². The SMILES string of the molecule is COC(=O)C[C@H]1CC[C@H]2C3=CC=C4C(C)(C)[C@@H](O[Si](C)(C)C(C)(C)C)CC[C@]4(C)[C@H]3CC[C@]12C. The molecule has 4 rings (SSSR count). The molecule has 0 aliphatic heterocycles. The molecule has 0 N–H and O–H groups in total. The third-order valence-electron chi connectivity index (χ3n) is 11.4. The maximum Gasteiger partial charge on any atom is 0.305 e. The fraction of sp³-hybridized carbons (Fsp3) is 0.833. The van der Waals surface area contributed by atoms with Gasteiger partial charge in [-0.3, -0.25) is 4.79 Å². The molecule has 4 aliphatic carbocycles. The molecule has 6 atom stereocenters. The van der Waals surface area contributed by atoms with Gasteiger partial charge in [-0.15, -0.1) is 0 Å². The quantitative estimate of drug-likeness (QED) is 0.298. The van der Waals surface area contributed by atoms with Crippen molar-refractivity contribution in [2.45, 2.75) is 118 Å². The van der Waals surface area contributed by atoms with E-state index in [1.54, 1.807) is 11.1 Å². The van der Waals surface area contributed by atoms with E-state index in [9.17, 15) is 4.79 Å². The Morgan fingerprint density at radius 3 is 2.29 bits per heavy atom. The van der Waals surface area contributed by atoms with Crippen molar-refractivity contribution in [3.8, 4) is 0 Å².